The minimum atomic E-state index is 0.483. The average molecular weight is 280 g/mol. The van der Waals surface area contributed by atoms with E-state index in [0.717, 1.165) is 0 Å². The fourth-order valence-electron chi connectivity index (χ4n) is 4.44. The second kappa shape index (κ2) is 6.76. The van der Waals surface area contributed by atoms with Crippen LogP contribution in [0.2, 0.25) is 0 Å². The first kappa shape index (κ1) is 14.8. The first-order valence-electron chi connectivity index (χ1n) is 8.84. The van der Waals surface area contributed by atoms with Crippen LogP contribution in [0.1, 0.15) is 64.2 Å². The molecule has 0 radical (unpaired) electrons. The zero-order valence-corrected chi connectivity index (χ0v) is 13.2. The van der Waals surface area contributed by atoms with Crippen LogP contribution < -0.4 is 5.32 Å². The van der Waals surface area contributed by atoms with E-state index in [0.29, 0.717) is 17.7 Å². The Bertz CT molecular complexity index is 289. The van der Waals surface area contributed by atoms with E-state index >= 15 is 0 Å². The summed E-state index contributed by atoms with van der Waals surface area (Å²) in [5, 5.41) is 3.87. The molecule has 3 heteroatoms. The van der Waals surface area contributed by atoms with E-state index in [2.05, 4.69) is 10.2 Å². The zero-order valence-electron chi connectivity index (χ0n) is 13.2. The van der Waals surface area contributed by atoms with E-state index in [4.69, 9.17) is 4.74 Å². The highest BCUT2D eigenvalue weighted by molar-refractivity contribution is 4.98. The topological polar surface area (TPSA) is 24.5 Å². The minimum Gasteiger partial charge on any atom is -0.381 e. The lowest BCUT2D eigenvalue weighted by Crippen LogP contribution is -2.60. The van der Waals surface area contributed by atoms with Crippen LogP contribution in [0.15, 0.2) is 0 Å². The molecule has 0 unspecified atom stereocenters. The van der Waals surface area contributed by atoms with Crippen molar-refractivity contribution >= 4 is 0 Å². The van der Waals surface area contributed by atoms with E-state index in [-0.39, 0.29) is 0 Å². The minimum absolute atomic E-state index is 0.483. The summed E-state index contributed by atoms with van der Waals surface area (Å²) in [5.74, 6) is 0. The Morgan fingerprint density at radius 1 is 1.00 bits per heavy atom. The number of hydrogen-bond acceptors (Lipinski definition) is 3. The van der Waals surface area contributed by atoms with Gasteiger partial charge >= 0.3 is 0 Å². The Morgan fingerprint density at radius 3 is 2.30 bits per heavy atom. The fraction of sp³-hybridized carbons (Fsp3) is 1.00. The Kier molecular flexibility index (Phi) is 5.00. The first-order valence-corrected chi connectivity index (χ1v) is 8.84. The average Bonchev–Trinajstić information content (AvgIpc) is 2.48. The zero-order chi connectivity index (χ0) is 13.8. The molecule has 0 amide bonds. The van der Waals surface area contributed by atoms with E-state index in [1.54, 1.807) is 0 Å². The molecule has 3 rings (SSSR count). The number of rotatable bonds is 5. The maximum Gasteiger partial charge on any atom is 0.0601 e. The van der Waals surface area contributed by atoms with Crippen molar-refractivity contribution in [3.8, 4) is 0 Å². The number of methoxy groups -OCH3 is 1. The maximum atomic E-state index is 5.40. The van der Waals surface area contributed by atoms with Gasteiger partial charge in [0.15, 0.2) is 0 Å². The lowest BCUT2D eigenvalue weighted by Gasteiger charge is -2.50. The summed E-state index contributed by atoms with van der Waals surface area (Å²) in [7, 11) is 1.84. The molecule has 1 heterocycles. The lowest BCUT2D eigenvalue weighted by atomic mass is 9.78. The van der Waals surface area contributed by atoms with Gasteiger partial charge in [0.25, 0.3) is 0 Å². The molecular formula is C17H32N2O. The predicted molar refractivity (Wildman–Crippen MR) is 83.1 cm³/mol. The van der Waals surface area contributed by atoms with Gasteiger partial charge in [-0.05, 0) is 51.6 Å². The van der Waals surface area contributed by atoms with Crippen LogP contribution in [0.3, 0.4) is 0 Å². The predicted octanol–water partition coefficient (Wildman–Crippen LogP) is 2.94. The van der Waals surface area contributed by atoms with Crippen molar-refractivity contribution in [2.75, 3.05) is 26.7 Å². The van der Waals surface area contributed by atoms with Crippen LogP contribution in [-0.2, 0) is 4.74 Å². The molecule has 3 aliphatic rings. The molecule has 3 fully saturated rings. The van der Waals surface area contributed by atoms with Crippen LogP contribution in [0.4, 0.5) is 0 Å². The fourth-order valence-corrected chi connectivity index (χ4v) is 4.44. The Balaban J connectivity index is 1.54. The molecule has 3 nitrogen and oxygen atoms in total. The highest BCUT2D eigenvalue weighted by Gasteiger charge is 2.39. The number of nitrogens with one attached hydrogen (secondary N) is 1. The van der Waals surface area contributed by atoms with Gasteiger partial charge in [-0.15, -0.1) is 0 Å². The second-order valence-corrected chi connectivity index (χ2v) is 7.24. The molecular weight excluding hydrogens is 248 g/mol. The van der Waals surface area contributed by atoms with Crippen molar-refractivity contribution in [2.24, 2.45) is 0 Å². The highest BCUT2D eigenvalue weighted by atomic mass is 16.5. The summed E-state index contributed by atoms with van der Waals surface area (Å²) < 4.78 is 5.40. The monoisotopic (exact) mass is 280 g/mol. The quantitative estimate of drug-likeness (QED) is 0.838. The van der Waals surface area contributed by atoms with Crippen molar-refractivity contribution in [1.29, 1.82) is 0 Å². The summed E-state index contributed by atoms with van der Waals surface area (Å²) in [6.07, 6.45) is 14.4. The van der Waals surface area contributed by atoms with Crippen LogP contribution in [0.25, 0.3) is 0 Å². The molecule has 0 aromatic carbocycles. The summed E-state index contributed by atoms with van der Waals surface area (Å²) in [5.41, 5.74) is 0.483. The third-order valence-electron chi connectivity index (χ3n) is 5.96. The summed E-state index contributed by atoms with van der Waals surface area (Å²) in [4.78, 5) is 2.84. The largest absolute Gasteiger partial charge is 0.381 e. The number of hydrogen-bond donors (Lipinski definition) is 1. The van der Waals surface area contributed by atoms with E-state index in [1.807, 2.05) is 7.11 Å². The molecule has 2 saturated carbocycles. The number of ether oxygens (including phenoxy) is 1. The molecule has 2 aliphatic carbocycles. The summed E-state index contributed by atoms with van der Waals surface area (Å²) >= 11 is 0. The Hall–Kier alpha value is -0.120. The number of nitrogens with zero attached hydrogens (tertiary/aromatic N) is 1. The molecule has 0 atom stereocenters. The van der Waals surface area contributed by atoms with E-state index in [9.17, 15) is 0 Å². The van der Waals surface area contributed by atoms with Gasteiger partial charge in [0.1, 0.15) is 0 Å². The third-order valence-corrected chi connectivity index (χ3v) is 5.96. The number of piperidine rings is 1. The van der Waals surface area contributed by atoms with Crippen LogP contribution >= 0.6 is 0 Å². The molecule has 1 N–H and O–H groups in total. The molecule has 0 aromatic rings. The smallest absolute Gasteiger partial charge is 0.0601 e. The van der Waals surface area contributed by atoms with Crippen LogP contribution in [0, 0.1) is 0 Å². The van der Waals surface area contributed by atoms with Gasteiger partial charge in [0, 0.05) is 25.2 Å². The highest BCUT2D eigenvalue weighted by Crippen LogP contribution is 2.36. The third kappa shape index (κ3) is 3.20. The molecule has 20 heavy (non-hydrogen) atoms. The first-order chi connectivity index (χ1) is 9.82. The summed E-state index contributed by atoms with van der Waals surface area (Å²) in [6, 6.07) is 0.712. The van der Waals surface area contributed by atoms with E-state index in [1.165, 1.54) is 83.8 Å². The van der Waals surface area contributed by atoms with Gasteiger partial charge in [0.05, 0.1) is 6.10 Å². The van der Waals surface area contributed by atoms with Gasteiger partial charge in [0.2, 0.25) is 0 Å². The van der Waals surface area contributed by atoms with Crippen molar-refractivity contribution in [1.82, 2.24) is 10.2 Å². The van der Waals surface area contributed by atoms with Crippen LogP contribution in [0.5, 0.6) is 0 Å². The molecule has 1 saturated heterocycles. The lowest BCUT2D eigenvalue weighted by molar-refractivity contribution is -0.00141. The molecule has 116 valence electrons. The van der Waals surface area contributed by atoms with Crippen molar-refractivity contribution < 1.29 is 4.74 Å². The molecule has 0 spiro atoms. The van der Waals surface area contributed by atoms with Gasteiger partial charge in [-0.2, -0.15) is 0 Å². The van der Waals surface area contributed by atoms with Crippen molar-refractivity contribution in [2.45, 2.75) is 81.9 Å². The standard InChI is InChI=1S/C17H32N2O/c1-20-16-12-15(13-16)18-14-17(8-4-2-5-9-17)19-10-6-3-7-11-19/h15-16,18H,2-14H2,1H3. The molecule has 1 aliphatic heterocycles. The van der Waals surface area contributed by atoms with Crippen LogP contribution in [-0.4, -0.2) is 49.3 Å². The van der Waals surface area contributed by atoms with Gasteiger partial charge in [-0.3, -0.25) is 4.90 Å². The normalized spacial score (nSPS) is 34.6. The second-order valence-electron chi connectivity index (χ2n) is 7.24. The molecule has 0 aromatic heterocycles. The van der Waals surface area contributed by atoms with E-state index < -0.39 is 0 Å². The van der Waals surface area contributed by atoms with Crippen molar-refractivity contribution in [3.63, 3.8) is 0 Å². The Morgan fingerprint density at radius 2 is 1.65 bits per heavy atom. The molecule has 0 bridgehead atoms. The summed E-state index contributed by atoms with van der Waals surface area (Å²) in [6.45, 7) is 3.90. The SMILES string of the molecule is COC1CC(NCC2(N3CCCCC3)CCCCC2)C1. The van der Waals surface area contributed by atoms with Crippen molar-refractivity contribution in [3.05, 3.63) is 0 Å². The van der Waals surface area contributed by atoms with Gasteiger partial charge in [-0.1, -0.05) is 25.7 Å². The van der Waals surface area contributed by atoms with Gasteiger partial charge in [-0.25, -0.2) is 0 Å². The van der Waals surface area contributed by atoms with Gasteiger partial charge < -0.3 is 10.1 Å². The number of likely N-dealkylation sites (tertiary alicyclic amines) is 1. The maximum absolute atomic E-state index is 5.40. The Labute approximate surface area is 124 Å².